The van der Waals surface area contributed by atoms with Crippen molar-refractivity contribution in [2.45, 2.75) is 32.3 Å². The topological polar surface area (TPSA) is 29.5 Å². The Morgan fingerprint density at radius 2 is 1.80 bits per heavy atom. The van der Waals surface area contributed by atoms with E-state index in [2.05, 4.69) is 0 Å². The minimum absolute atomic E-state index is 0.274. The molecule has 5 heteroatoms. The summed E-state index contributed by atoms with van der Waals surface area (Å²) in [5.41, 5.74) is 1.99. The lowest BCUT2D eigenvalue weighted by Crippen LogP contribution is -2.50. The number of halogens is 2. The van der Waals surface area contributed by atoms with Gasteiger partial charge in [0.15, 0.2) is 0 Å². The molecule has 0 aliphatic carbocycles. The van der Waals surface area contributed by atoms with Crippen molar-refractivity contribution in [3.63, 3.8) is 0 Å². The number of carbonyl (C=O) groups excluding carboxylic acids is 1. The van der Waals surface area contributed by atoms with Crippen LogP contribution in [0.1, 0.15) is 32.3 Å². The van der Waals surface area contributed by atoms with Gasteiger partial charge in [0.2, 0.25) is 0 Å². The molecule has 0 unspecified atom stereocenters. The third-order valence-electron chi connectivity index (χ3n) is 4.16. The molecule has 0 radical (unpaired) electrons. The number of benzene rings is 2. The van der Waals surface area contributed by atoms with Crippen molar-refractivity contribution in [2.24, 2.45) is 0 Å². The van der Waals surface area contributed by atoms with E-state index < -0.39 is 5.60 Å². The van der Waals surface area contributed by atoms with Crippen LogP contribution in [0.25, 0.3) is 11.1 Å². The minimum atomic E-state index is -0.480. The van der Waals surface area contributed by atoms with Gasteiger partial charge in [-0.2, -0.15) is 0 Å². The van der Waals surface area contributed by atoms with E-state index in [-0.39, 0.29) is 17.8 Å². The molecule has 0 saturated carbocycles. The molecular formula is C20H21ClFNO2. The zero-order chi connectivity index (χ0) is 18.2. The lowest BCUT2D eigenvalue weighted by atomic mass is 9.90. The van der Waals surface area contributed by atoms with E-state index in [1.807, 2.05) is 45.0 Å². The van der Waals surface area contributed by atoms with Crippen LogP contribution in [-0.4, -0.2) is 29.7 Å². The molecule has 1 fully saturated rings. The quantitative estimate of drug-likeness (QED) is 0.708. The van der Waals surface area contributed by atoms with E-state index >= 15 is 0 Å². The monoisotopic (exact) mass is 361 g/mol. The molecule has 1 aliphatic heterocycles. The molecule has 1 saturated heterocycles. The van der Waals surface area contributed by atoms with E-state index in [0.717, 1.165) is 11.1 Å². The van der Waals surface area contributed by atoms with Gasteiger partial charge in [0.05, 0.1) is 0 Å². The Morgan fingerprint density at radius 3 is 2.36 bits per heavy atom. The van der Waals surface area contributed by atoms with Crippen LogP contribution in [0, 0.1) is 5.82 Å². The Labute approximate surface area is 152 Å². The van der Waals surface area contributed by atoms with Crippen molar-refractivity contribution >= 4 is 17.7 Å². The molecule has 2 aromatic rings. The van der Waals surface area contributed by atoms with Gasteiger partial charge in [-0.05, 0) is 50.1 Å². The van der Waals surface area contributed by atoms with Gasteiger partial charge in [0, 0.05) is 29.6 Å². The fourth-order valence-corrected chi connectivity index (χ4v) is 2.98. The van der Waals surface area contributed by atoms with Crippen molar-refractivity contribution in [3.05, 3.63) is 58.9 Å². The summed E-state index contributed by atoms with van der Waals surface area (Å²) in [5, 5.41) is 0.384. The Bertz CT molecular complexity index is 777. The molecule has 132 valence electrons. The summed E-state index contributed by atoms with van der Waals surface area (Å²) < 4.78 is 19.4. The fraction of sp³-hybridized carbons (Fsp3) is 0.350. The zero-order valence-corrected chi connectivity index (χ0v) is 15.3. The van der Waals surface area contributed by atoms with Crippen molar-refractivity contribution < 1.29 is 13.9 Å². The van der Waals surface area contributed by atoms with Gasteiger partial charge in [0.1, 0.15) is 11.4 Å². The normalized spacial score (nSPS) is 15.0. The highest BCUT2D eigenvalue weighted by atomic mass is 35.5. The Hall–Kier alpha value is -2.07. The number of amides is 1. The molecule has 25 heavy (non-hydrogen) atoms. The van der Waals surface area contributed by atoms with Crippen LogP contribution in [-0.2, 0) is 4.74 Å². The number of hydrogen-bond acceptors (Lipinski definition) is 2. The summed E-state index contributed by atoms with van der Waals surface area (Å²) in [7, 11) is 0. The molecule has 2 aromatic carbocycles. The van der Waals surface area contributed by atoms with Gasteiger partial charge in [-0.1, -0.05) is 35.9 Å². The molecule has 0 atom stereocenters. The fourth-order valence-electron chi connectivity index (χ4n) is 2.82. The van der Waals surface area contributed by atoms with E-state index in [1.54, 1.807) is 17.0 Å². The molecule has 1 heterocycles. The predicted molar refractivity (Wildman–Crippen MR) is 97.4 cm³/mol. The first-order valence-electron chi connectivity index (χ1n) is 8.26. The number of likely N-dealkylation sites (tertiary alicyclic amines) is 1. The second-order valence-electron chi connectivity index (χ2n) is 7.33. The molecule has 1 amide bonds. The van der Waals surface area contributed by atoms with Gasteiger partial charge in [-0.15, -0.1) is 0 Å². The van der Waals surface area contributed by atoms with Crippen molar-refractivity contribution in [1.29, 1.82) is 0 Å². The van der Waals surface area contributed by atoms with E-state index in [9.17, 15) is 9.18 Å². The number of ether oxygens (including phenoxy) is 1. The molecular weight excluding hydrogens is 341 g/mol. The third-order valence-corrected chi connectivity index (χ3v) is 4.39. The third kappa shape index (κ3) is 4.13. The van der Waals surface area contributed by atoms with Crippen LogP contribution >= 0.6 is 11.6 Å². The van der Waals surface area contributed by atoms with Crippen LogP contribution in [0.3, 0.4) is 0 Å². The van der Waals surface area contributed by atoms with Crippen molar-refractivity contribution in [1.82, 2.24) is 4.90 Å². The summed E-state index contributed by atoms with van der Waals surface area (Å²) in [4.78, 5) is 13.7. The molecule has 1 aliphatic rings. The highest BCUT2D eigenvalue weighted by Crippen LogP contribution is 2.31. The number of rotatable bonds is 2. The summed E-state index contributed by atoms with van der Waals surface area (Å²) in [5.74, 6) is -0.0448. The molecule has 0 spiro atoms. The first-order chi connectivity index (χ1) is 11.7. The minimum Gasteiger partial charge on any atom is -0.444 e. The van der Waals surface area contributed by atoms with Crippen LogP contribution in [0.15, 0.2) is 42.5 Å². The van der Waals surface area contributed by atoms with Crippen LogP contribution < -0.4 is 0 Å². The average molecular weight is 362 g/mol. The lowest BCUT2D eigenvalue weighted by molar-refractivity contribution is 0.00819. The summed E-state index contributed by atoms with van der Waals surface area (Å²) >= 11 is 5.79. The van der Waals surface area contributed by atoms with Gasteiger partial charge in [0.25, 0.3) is 0 Å². The first kappa shape index (κ1) is 17.7. The smallest absolute Gasteiger partial charge is 0.410 e. The molecule has 0 bridgehead atoms. The highest BCUT2D eigenvalue weighted by Gasteiger charge is 2.34. The summed E-state index contributed by atoms with van der Waals surface area (Å²) in [6, 6.07) is 12.4. The maximum atomic E-state index is 14.0. The summed E-state index contributed by atoms with van der Waals surface area (Å²) in [6.07, 6.45) is -0.274. The van der Waals surface area contributed by atoms with Gasteiger partial charge < -0.3 is 9.64 Å². The summed E-state index contributed by atoms with van der Waals surface area (Å²) in [6.45, 7) is 6.86. The maximum absolute atomic E-state index is 14.0. The number of hydrogen-bond donors (Lipinski definition) is 0. The molecule has 3 rings (SSSR count). The predicted octanol–water partition coefficient (Wildman–Crippen LogP) is 5.48. The second-order valence-corrected chi connectivity index (χ2v) is 7.76. The van der Waals surface area contributed by atoms with Crippen LogP contribution in [0.2, 0.25) is 5.02 Å². The zero-order valence-electron chi connectivity index (χ0n) is 14.6. The Kier molecular flexibility index (Phi) is 4.74. The molecule has 0 N–H and O–H groups in total. The van der Waals surface area contributed by atoms with Gasteiger partial charge in [-0.3, -0.25) is 0 Å². The second kappa shape index (κ2) is 6.68. The number of carbonyl (C=O) groups is 1. The number of nitrogens with zero attached hydrogens (tertiary/aromatic N) is 1. The molecule has 0 aromatic heterocycles. The van der Waals surface area contributed by atoms with E-state index in [1.165, 1.54) is 6.07 Å². The Balaban J connectivity index is 1.64. The maximum Gasteiger partial charge on any atom is 0.410 e. The van der Waals surface area contributed by atoms with Gasteiger partial charge in [-0.25, -0.2) is 9.18 Å². The van der Waals surface area contributed by atoms with Gasteiger partial charge >= 0.3 is 6.09 Å². The largest absolute Gasteiger partial charge is 0.444 e. The van der Waals surface area contributed by atoms with E-state index in [4.69, 9.17) is 16.3 Å². The van der Waals surface area contributed by atoms with Crippen LogP contribution in [0.4, 0.5) is 9.18 Å². The molecule has 3 nitrogen and oxygen atoms in total. The average Bonchev–Trinajstić information content (AvgIpc) is 2.45. The lowest BCUT2D eigenvalue weighted by Gasteiger charge is -2.40. The van der Waals surface area contributed by atoms with E-state index in [0.29, 0.717) is 23.7 Å². The van der Waals surface area contributed by atoms with Crippen molar-refractivity contribution in [3.8, 4) is 11.1 Å². The van der Waals surface area contributed by atoms with Crippen LogP contribution in [0.5, 0.6) is 0 Å². The highest BCUT2D eigenvalue weighted by molar-refractivity contribution is 6.30. The Morgan fingerprint density at radius 1 is 1.16 bits per heavy atom. The van der Waals surface area contributed by atoms with Crippen molar-refractivity contribution in [2.75, 3.05) is 13.1 Å². The first-order valence-corrected chi connectivity index (χ1v) is 8.64. The standard InChI is InChI=1S/C20H21ClFNO2/c1-20(2,3)25-19(24)23-11-15(12-23)13-4-6-14(7-5-13)17-9-8-16(21)10-18(17)22/h4-10,15H,11-12H2,1-3H3. The SMILES string of the molecule is CC(C)(C)OC(=O)N1CC(c2ccc(-c3ccc(Cl)cc3F)cc2)C1.